The number of carbonyl (C=O) groups excluding carboxylic acids is 1. The first-order chi connectivity index (χ1) is 9.26. The Bertz CT molecular complexity index is 499. The SMILES string of the molecule is CC(C)(C)OC(=O)N1C[C@@H](N)[C@H](c2cccc(F)c2)C1. The van der Waals surface area contributed by atoms with Gasteiger partial charge in [0.1, 0.15) is 11.4 Å². The Hall–Kier alpha value is -1.62. The van der Waals surface area contributed by atoms with Crippen LogP contribution < -0.4 is 5.73 Å². The van der Waals surface area contributed by atoms with E-state index in [9.17, 15) is 9.18 Å². The lowest BCUT2D eigenvalue weighted by Crippen LogP contribution is -2.36. The number of hydrogen-bond acceptors (Lipinski definition) is 3. The van der Waals surface area contributed by atoms with Crippen LogP contribution in [0.2, 0.25) is 0 Å². The molecule has 1 aliphatic rings. The minimum atomic E-state index is -0.530. The van der Waals surface area contributed by atoms with Crippen LogP contribution in [0.3, 0.4) is 0 Å². The van der Waals surface area contributed by atoms with Crippen molar-refractivity contribution in [3.8, 4) is 0 Å². The van der Waals surface area contributed by atoms with Crippen LogP contribution >= 0.6 is 0 Å². The molecule has 1 saturated heterocycles. The van der Waals surface area contributed by atoms with Crippen molar-refractivity contribution in [2.24, 2.45) is 5.73 Å². The number of hydrogen-bond donors (Lipinski definition) is 1. The van der Waals surface area contributed by atoms with Gasteiger partial charge in [-0.25, -0.2) is 9.18 Å². The molecule has 2 N–H and O–H groups in total. The van der Waals surface area contributed by atoms with Crippen LogP contribution in [0.15, 0.2) is 24.3 Å². The molecule has 0 radical (unpaired) electrons. The summed E-state index contributed by atoms with van der Waals surface area (Å²) in [6.07, 6.45) is -0.369. The highest BCUT2D eigenvalue weighted by Crippen LogP contribution is 2.28. The van der Waals surface area contributed by atoms with Crippen molar-refractivity contribution in [2.75, 3.05) is 13.1 Å². The van der Waals surface area contributed by atoms with Gasteiger partial charge in [-0.2, -0.15) is 0 Å². The summed E-state index contributed by atoms with van der Waals surface area (Å²) in [5.41, 5.74) is 6.37. The molecule has 0 unspecified atom stereocenters. The summed E-state index contributed by atoms with van der Waals surface area (Å²) in [6.45, 7) is 6.36. The molecule has 1 amide bonds. The summed E-state index contributed by atoms with van der Waals surface area (Å²) in [4.78, 5) is 13.6. The third-order valence-electron chi connectivity index (χ3n) is 3.29. The number of nitrogens with two attached hydrogens (primary N) is 1. The molecule has 1 aliphatic heterocycles. The zero-order valence-electron chi connectivity index (χ0n) is 12.1. The fourth-order valence-electron chi connectivity index (χ4n) is 2.39. The Morgan fingerprint density at radius 3 is 2.70 bits per heavy atom. The molecule has 0 bridgehead atoms. The maximum absolute atomic E-state index is 13.3. The van der Waals surface area contributed by atoms with E-state index in [1.165, 1.54) is 12.1 Å². The number of ether oxygens (including phenoxy) is 1. The molecule has 0 spiro atoms. The molecular weight excluding hydrogens is 259 g/mol. The van der Waals surface area contributed by atoms with E-state index in [0.29, 0.717) is 13.1 Å². The van der Waals surface area contributed by atoms with E-state index < -0.39 is 5.60 Å². The Balaban J connectivity index is 2.07. The lowest BCUT2D eigenvalue weighted by molar-refractivity contribution is 0.0290. The number of halogens is 1. The molecule has 0 aliphatic carbocycles. The van der Waals surface area contributed by atoms with Crippen LogP contribution in [0.4, 0.5) is 9.18 Å². The second-order valence-corrected chi connectivity index (χ2v) is 6.21. The summed E-state index contributed by atoms with van der Waals surface area (Å²) in [5, 5.41) is 0. The van der Waals surface area contributed by atoms with Crippen LogP contribution in [0.25, 0.3) is 0 Å². The largest absolute Gasteiger partial charge is 0.444 e. The van der Waals surface area contributed by atoms with Gasteiger partial charge in [-0.05, 0) is 38.5 Å². The lowest BCUT2D eigenvalue weighted by atomic mass is 9.95. The molecule has 110 valence electrons. The van der Waals surface area contributed by atoms with Gasteiger partial charge >= 0.3 is 6.09 Å². The van der Waals surface area contributed by atoms with E-state index in [4.69, 9.17) is 10.5 Å². The second-order valence-electron chi connectivity index (χ2n) is 6.21. The van der Waals surface area contributed by atoms with Crippen molar-refractivity contribution in [1.29, 1.82) is 0 Å². The van der Waals surface area contributed by atoms with Gasteiger partial charge in [0.2, 0.25) is 0 Å². The molecule has 5 heteroatoms. The van der Waals surface area contributed by atoms with E-state index >= 15 is 0 Å². The Morgan fingerprint density at radius 2 is 2.10 bits per heavy atom. The topological polar surface area (TPSA) is 55.6 Å². The van der Waals surface area contributed by atoms with Crippen LogP contribution in [-0.2, 0) is 4.74 Å². The highest BCUT2D eigenvalue weighted by molar-refractivity contribution is 5.69. The molecule has 4 nitrogen and oxygen atoms in total. The first-order valence-electron chi connectivity index (χ1n) is 6.75. The summed E-state index contributed by atoms with van der Waals surface area (Å²) in [6, 6.07) is 6.17. The second kappa shape index (κ2) is 5.40. The molecule has 2 atom stereocenters. The molecule has 20 heavy (non-hydrogen) atoms. The van der Waals surface area contributed by atoms with Gasteiger partial charge in [0.05, 0.1) is 0 Å². The average molecular weight is 280 g/mol. The van der Waals surface area contributed by atoms with E-state index in [-0.39, 0.29) is 23.9 Å². The highest BCUT2D eigenvalue weighted by atomic mass is 19.1. The summed E-state index contributed by atoms with van der Waals surface area (Å²) < 4.78 is 18.6. The summed E-state index contributed by atoms with van der Waals surface area (Å²) >= 11 is 0. The predicted molar refractivity (Wildman–Crippen MR) is 74.9 cm³/mol. The lowest BCUT2D eigenvalue weighted by Gasteiger charge is -2.24. The van der Waals surface area contributed by atoms with Gasteiger partial charge in [0.25, 0.3) is 0 Å². The van der Waals surface area contributed by atoms with Crippen molar-refractivity contribution >= 4 is 6.09 Å². The third kappa shape index (κ3) is 3.48. The minimum Gasteiger partial charge on any atom is -0.444 e. The monoisotopic (exact) mass is 280 g/mol. The van der Waals surface area contributed by atoms with Crippen LogP contribution in [0.5, 0.6) is 0 Å². The fraction of sp³-hybridized carbons (Fsp3) is 0.533. The molecular formula is C15H21FN2O2. The van der Waals surface area contributed by atoms with Crippen molar-refractivity contribution in [3.63, 3.8) is 0 Å². The standard InChI is InChI=1S/C15H21FN2O2/c1-15(2,3)20-14(19)18-8-12(13(17)9-18)10-5-4-6-11(16)7-10/h4-7,12-13H,8-9,17H2,1-3H3/t12-,13+/m0/s1. The van der Waals surface area contributed by atoms with Gasteiger partial charge in [-0.3, -0.25) is 0 Å². The Morgan fingerprint density at radius 1 is 1.40 bits per heavy atom. The highest BCUT2D eigenvalue weighted by Gasteiger charge is 2.36. The molecule has 0 aromatic heterocycles. The quantitative estimate of drug-likeness (QED) is 0.860. The molecule has 1 aromatic rings. The van der Waals surface area contributed by atoms with Crippen LogP contribution in [0, 0.1) is 5.82 Å². The maximum Gasteiger partial charge on any atom is 0.410 e. The zero-order chi connectivity index (χ0) is 14.9. The normalized spacial score (nSPS) is 22.9. The number of rotatable bonds is 1. The Labute approximate surface area is 118 Å². The van der Waals surface area contributed by atoms with E-state index in [1.54, 1.807) is 11.0 Å². The van der Waals surface area contributed by atoms with Gasteiger partial charge in [0, 0.05) is 25.0 Å². The molecule has 2 rings (SSSR count). The van der Waals surface area contributed by atoms with Crippen molar-refractivity contribution in [1.82, 2.24) is 4.90 Å². The molecule has 1 fully saturated rings. The van der Waals surface area contributed by atoms with Gasteiger partial charge < -0.3 is 15.4 Å². The van der Waals surface area contributed by atoms with E-state index in [0.717, 1.165) is 5.56 Å². The zero-order valence-corrected chi connectivity index (χ0v) is 12.1. The van der Waals surface area contributed by atoms with Crippen LogP contribution in [0.1, 0.15) is 32.3 Å². The molecule has 1 heterocycles. The number of likely N-dealkylation sites (tertiary alicyclic amines) is 1. The van der Waals surface area contributed by atoms with Crippen molar-refractivity contribution in [3.05, 3.63) is 35.6 Å². The minimum absolute atomic E-state index is 0.0572. The number of amides is 1. The van der Waals surface area contributed by atoms with Crippen LogP contribution in [-0.4, -0.2) is 35.7 Å². The first kappa shape index (κ1) is 14.8. The predicted octanol–water partition coefficient (Wildman–Crippen LogP) is 2.49. The average Bonchev–Trinajstić information content (AvgIpc) is 2.69. The van der Waals surface area contributed by atoms with Crippen molar-refractivity contribution in [2.45, 2.75) is 38.3 Å². The smallest absolute Gasteiger partial charge is 0.410 e. The van der Waals surface area contributed by atoms with Gasteiger partial charge in [0.15, 0.2) is 0 Å². The van der Waals surface area contributed by atoms with Gasteiger partial charge in [-0.1, -0.05) is 12.1 Å². The fourth-order valence-corrected chi connectivity index (χ4v) is 2.39. The van der Waals surface area contributed by atoms with E-state index in [2.05, 4.69) is 0 Å². The summed E-state index contributed by atoms with van der Waals surface area (Å²) in [7, 11) is 0. The number of nitrogens with zero attached hydrogens (tertiary/aromatic N) is 1. The molecule has 0 saturated carbocycles. The maximum atomic E-state index is 13.3. The van der Waals surface area contributed by atoms with E-state index in [1.807, 2.05) is 26.8 Å². The van der Waals surface area contributed by atoms with Gasteiger partial charge in [-0.15, -0.1) is 0 Å². The first-order valence-corrected chi connectivity index (χ1v) is 6.75. The summed E-state index contributed by atoms with van der Waals surface area (Å²) in [5.74, 6) is -0.344. The molecule has 1 aromatic carbocycles. The number of carbonyl (C=O) groups is 1. The Kier molecular flexibility index (Phi) is 3.99. The van der Waals surface area contributed by atoms with Crippen molar-refractivity contribution < 1.29 is 13.9 Å². The number of benzene rings is 1. The third-order valence-corrected chi connectivity index (χ3v) is 3.29.